The maximum Gasteiger partial charge on any atom is 0.235 e. The molecule has 0 aliphatic carbocycles. The van der Waals surface area contributed by atoms with E-state index in [1.807, 2.05) is 18.1 Å². The van der Waals surface area contributed by atoms with E-state index in [9.17, 15) is 4.79 Å². The Labute approximate surface area is 85.1 Å². The Morgan fingerprint density at radius 3 is 2.54 bits per heavy atom. The van der Waals surface area contributed by atoms with Gasteiger partial charge in [-0.05, 0) is 32.4 Å². The van der Waals surface area contributed by atoms with Crippen molar-refractivity contribution in [2.24, 2.45) is 5.92 Å². The van der Waals surface area contributed by atoms with E-state index in [0.717, 1.165) is 13.0 Å². The van der Waals surface area contributed by atoms with Crippen LogP contribution in [0.3, 0.4) is 0 Å². The Bertz CT molecular complexity index is 195. The molecule has 3 heteroatoms. The molecule has 0 N–H and O–H groups in total. The SMILES string of the molecule is CSC(C)C(=O)N1CC(C)CC1C. The van der Waals surface area contributed by atoms with Gasteiger partial charge in [0.25, 0.3) is 0 Å². The fraction of sp³-hybridized carbons (Fsp3) is 0.900. The zero-order valence-electron chi connectivity index (χ0n) is 8.91. The van der Waals surface area contributed by atoms with Gasteiger partial charge < -0.3 is 4.90 Å². The number of nitrogens with zero attached hydrogens (tertiary/aromatic N) is 1. The molecule has 0 radical (unpaired) electrons. The number of thioether (sulfide) groups is 1. The van der Waals surface area contributed by atoms with Gasteiger partial charge in [-0.1, -0.05) is 6.92 Å². The first kappa shape index (κ1) is 10.9. The summed E-state index contributed by atoms with van der Waals surface area (Å²) < 4.78 is 0. The summed E-state index contributed by atoms with van der Waals surface area (Å²) in [5.41, 5.74) is 0. The van der Waals surface area contributed by atoms with Gasteiger partial charge >= 0.3 is 0 Å². The summed E-state index contributed by atoms with van der Waals surface area (Å²) in [6.07, 6.45) is 3.15. The molecule has 1 fully saturated rings. The second-order valence-corrected chi connectivity index (χ2v) is 5.24. The van der Waals surface area contributed by atoms with Gasteiger partial charge in [0.2, 0.25) is 5.91 Å². The van der Waals surface area contributed by atoms with Gasteiger partial charge in [0, 0.05) is 12.6 Å². The molecule has 1 saturated heterocycles. The van der Waals surface area contributed by atoms with Gasteiger partial charge in [-0.25, -0.2) is 0 Å². The third-order valence-electron chi connectivity index (χ3n) is 2.77. The van der Waals surface area contributed by atoms with Crippen molar-refractivity contribution in [1.82, 2.24) is 4.90 Å². The number of hydrogen-bond acceptors (Lipinski definition) is 2. The van der Waals surface area contributed by atoms with Gasteiger partial charge in [-0.2, -0.15) is 11.8 Å². The standard InChI is InChI=1S/C10H19NOS/c1-7-5-8(2)11(6-7)10(12)9(3)13-4/h7-9H,5-6H2,1-4H3. The zero-order valence-corrected chi connectivity index (χ0v) is 9.73. The first-order valence-electron chi connectivity index (χ1n) is 4.89. The van der Waals surface area contributed by atoms with E-state index in [1.54, 1.807) is 11.8 Å². The minimum atomic E-state index is 0.118. The first-order chi connectivity index (χ1) is 6.06. The van der Waals surface area contributed by atoms with Crippen molar-refractivity contribution in [2.45, 2.75) is 38.5 Å². The van der Waals surface area contributed by atoms with Crippen LogP contribution in [-0.4, -0.2) is 34.9 Å². The number of likely N-dealkylation sites (tertiary alicyclic amines) is 1. The van der Waals surface area contributed by atoms with Crippen molar-refractivity contribution in [2.75, 3.05) is 12.8 Å². The highest BCUT2D eigenvalue weighted by Gasteiger charge is 2.31. The average Bonchev–Trinajstić information content (AvgIpc) is 2.42. The van der Waals surface area contributed by atoms with E-state index in [4.69, 9.17) is 0 Å². The van der Waals surface area contributed by atoms with Crippen LogP contribution in [0.1, 0.15) is 27.2 Å². The topological polar surface area (TPSA) is 20.3 Å². The molecule has 0 bridgehead atoms. The second kappa shape index (κ2) is 4.36. The smallest absolute Gasteiger partial charge is 0.235 e. The molecule has 1 rings (SSSR count). The molecule has 0 saturated carbocycles. The maximum atomic E-state index is 11.8. The van der Waals surface area contributed by atoms with Crippen LogP contribution >= 0.6 is 11.8 Å². The molecule has 2 nitrogen and oxygen atoms in total. The van der Waals surface area contributed by atoms with Crippen molar-refractivity contribution in [3.8, 4) is 0 Å². The molecule has 0 aromatic heterocycles. The highest BCUT2D eigenvalue weighted by molar-refractivity contribution is 7.99. The van der Waals surface area contributed by atoms with E-state index in [1.165, 1.54) is 0 Å². The molecule has 1 heterocycles. The van der Waals surface area contributed by atoms with Crippen LogP contribution < -0.4 is 0 Å². The van der Waals surface area contributed by atoms with E-state index in [2.05, 4.69) is 13.8 Å². The Morgan fingerprint density at radius 1 is 1.54 bits per heavy atom. The molecule has 0 spiro atoms. The Balaban J connectivity index is 2.57. The van der Waals surface area contributed by atoms with E-state index >= 15 is 0 Å². The molecule has 3 unspecified atom stereocenters. The summed E-state index contributed by atoms with van der Waals surface area (Å²) in [5.74, 6) is 0.984. The van der Waals surface area contributed by atoms with Gasteiger partial charge in [0.15, 0.2) is 0 Å². The van der Waals surface area contributed by atoms with Crippen molar-refractivity contribution in [3.63, 3.8) is 0 Å². The fourth-order valence-electron chi connectivity index (χ4n) is 1.94. The number of rotatable bonds is 2. The largest absolute Gasteiger partial charge is 0.339 e. The quantitative estimate of drug-likeness (QED) is 0.681. The lowest BCUT2D eigenvalue weighted by Crippen LogP contribution is -2.38. The van der Waals surface area contributed by atoms with Crippen molar-refractivity contribution in [1.29, 1.82) is 0 Å². The lowest BCUT2D eigenvalue weighted by atomic mass is 10.1. The van der Waals surface area contributed by atoms with Crippen LogP contribution in [0.4, 0.5) is 0 Å². The molecule has 76 valence electrons. The Morgan fingerprint density at radius 2 is 2.15 bits per heavy atom. The van der Waals surface area contributed by atoms with E-state index in [-0.39, 0.29) is 5.25 Å². The highest BCUT2D eigenvalue weighted by atomic mass is 32.2. The Kier molecular flexibility index (Phi) is 3.65. The fourth-order valence-corrected chi connectivity index (χ4v) is 2.28. The summed E-state index contributed by atoms with van der Waals surface area (Å²) >= 11 is 1.63. The van der Waals surface area contributed by atoms with Crippen molar-refractivity contribution in [3.05, 3.63) is 0 Å². The normalized spacial score (nSPS) is 30.6. The van der Waals surface area contributed by atoms with Crippen LogP contribution in [0.2, 0.25) is 0 Å². The molecule has 0 aromatic rings. The highest BCUT2D eigenvalue weighted by Crippen LogP contribution is 2.24. The number of carbonyl (C=O) groups excluding carboxylic acids is 1. The molecular formula is C10H19NOS. The number of hydrogen-bond donors (Lipinski definition) is 0. The lowest BCUT2D eigenvalue weighted by molar-refractivity contribution is -0.130. The predicted molar refractivity (Wildman–Crippen MR) is 57.9 cm³/mol. The second-order valence-electron chi connectivity index (χ2n) is 4.06. The lowest BCUT2D eigenvalue weighted by Gasteiger charge is -2.24. The molecule has 0 aromatic carbocycles. The first-order valence-corrected chi connectivity index (χ1v) is 6.18. The third-order valence-corrected chi connectivity index (χ3v) is 3.68. The molecular weight excluding hydrogens is 182 g/mol. The minimum Gasteiger partial charge on any atom is -0.339 e. The van der Waals surface area contributed by atoms with Gasteiger partial charge in [0.05, 0.1) is 5.25 Å². The summed E-state index contributed by atoms with van der Waals surface area (Å²) in [7, 11) is 0. The Hall–Kier alpha value is -0.180. The number of amides is 1. The summed E-state index contributed by atoms with van der Waals surface area (Å²) in [6.45, 7) is 7.30. The van der Waals surface area contributed by atoms with Crippen molar-refractivity contribution >= 4 is 17.7 Å². The number of carbonyl (C=O) groups is 1. The van der Waals surface area contributed by atoms with E-state index < -0.39 is 0 Å². The van der Waals surface area contributed by atoms with Gasteiger partial charge in [0.1, 0.15) is 0 Å². The zero-order chi connectivity index (χ0) is 10.0. The van der Waals surface area contributed by atoms with Gasteiger partial charge in [-0.15, -0.1) is 0 Å². The summed E-state index contributed by atoms with van der Waals surface area (Å²) in [4.78, 5) is 13.9. The predicted octanol–water partition coefficient (Wildman–Crippen LogP) is 1.99. The van der Waals surface area contributed by atoms with Crippen LogP contribution in [0.25, 0.3) is 0 Å². The van der Waals surface area contributed by atoms with Crippen LogP contribution in [0, 0.1) is 5.92 Å². The van der Waals surface area contributed by atoms with Crippen LogP contribution in [0.15, 0.2) is 0 Å². The van der Waals surface area contributed by atoms with Crippen molar-refractivity contribution < 1.29 is 4.79 Å². The molecule has 1 amide bonds. The summed E-state index contributed by atoms with van der Waals surface area (Å²) in [5, 5.41) is 0.118. The monoisotopic (exact) mass is 201 g/mol. The average molecular weight is 201 g/mol. The maximum absolute atomic E-state index is 11.8. The molecule has 1 aliphatic rings. The molecule has 13 heavy (non-hydrogen) atoms. The van der Waals surface area contributed by atoms with Gasteiger partial charge in [-0.3, -0.25) is 4.79 Å². The third kappa shape index (κ3) is 2.39. The molecule has 1 aliphatic heterocycles. The van der Waals surface area contributed by atoms with Crippen LogP contribution in [-0.2, 0) is 4.79 Å². The summed E-state index contributed by atoms with van der Waals surface area (Å²) in [6, 6.07) is 0.442. The van der Waals surface area contributed by atoms with Crippen LogP contribution in [0.5, 0.6) is 0 Å². The van der Waals surface area contributed by atoms with E-state index in [0.29, 0.717) is 17.9 Å². The molecule has 3 atom stereocenters. The minimum absolute atomic E-state index is 0.118.